The van der Waals surface area contributed by atoms with Crippen LogP contribution in [0.2, 0.25) is 0 Å². The quantitative estimate of drug-likeness (QED) is 0.820. The van der Waals surface area contributed by atoms with Crippen LogP contribution in [-0.2, 0) is 22.7 Å². The summed E-state index contributed by atoms with van der Waals surface area (Å²) in [5.41, 5.74) is 2.50. The monoisotopic (exact) mass is 369 g/mol. The van der Waals surface area contributed by atoms with E-state index in [2.05, 4.69) is 10.6 Å². The molecule has 27 heavy (non-hydrogen) atoms. The Labute approximate surface area is 156 Å². The van der Waals surface area contributed by atoms with Gasteiger partial charge in [-0.3, -0.25) is 19.7 Å². The van der Waals surface area contributed by atoms with Gasteiger partial charge in [0, 0.05) is 41.9 Å². The smallest absolute Gasteiger partial charge is 0.255 e. The Balaban J connectivity index is 1.71. The van der Waals surface area contributed by atoms with Gasteiger partial charge in [0.05, 0.1) is 0 Å². The number of amides is 3. The third-order valence-corrected chi connectivity index (χ3v) is 4.40. The van der Waals surface area contributed by atoms with Crippen LogP contribution in [0.3, 0.4) is 0 Å². The number of fused-ring (bicyclic) bond motifs is 1. The zero-order chi connectivity index (χ0) is 19.4. The second kappa shape index (κ2) is 7.99. The lowest BCUT2D eigenvalue weighted by Gasteiger charge is -2.15. The van der Waals surface area contributed by atoms with Crippen LogP contribution in [-0.4, -0.2) is 29.2 Å². The summed E-state index contributed by atoms with van der Waals surface area (Å²) in [6, 6.07) is 11.7. The van der Waals surface area contributed by atoms with Gasteiger partial charge in [0.2, 0.25) is 11.8 Å². The van der Waals surface area contributed by atoms with E-state index >= 15 is 0 Å². The second-order valence-corrected chi connectivity index (χ2v) is 6.26. The fraction of sp³-hybridized carbons (Fsp3) is 0.250. The Kier molecular flexibility index (Phi) is 5.49. The summed E-state index contributed by atoms with van der Waals surface area (Å²) in [6.45, 7) is 1.99. The maximum atomic E-state index is 13.8. The second-order valence-electron chi connectivity index (χ2n) is 6.26. The molecule has 0 aliphatic carbocycles. The molecule has 0 atom stereocenters. The van der Waals surface area contributed by atoms with Crippen molar-refractivity contribution in [3.05, 3.63) is 65.0 Å². The summed E-state index contributed by atoms with van der Waals surface area (Å²) < 4.78 is 13.8. The molecular formula is C20H20FN3O3. The number of anilines is 1. The molecule has 7 heteroatoms. The number of benzene rings is 2. The molecule has 0 aromatic heterocycles. The topological polar surface area (TPSA) is 78.5 Å². The third-order valence-electron chi connectivity index (χ3n) is 4.40. The van der Waals surface area contributed by atoms with Gasteiger partial charge in [-0.15, -0.1) is 0 Å². The molecule has 3 amide bonds. The minimum absolute atomic E-state index is 0.188. The van der Waals surface area contributed by atoms with Crippen LogP contribution in [0.25, 0.3) is 0 Å². The van der Waals surface area contributed by atoms with Gasteiger partial charge in [0.25, 0.3) is 5.91 Å². The highest BCUT2D eigenvalue weighted by Crippen LogP contribution is 2.29. The Morgan fingerprint density at radius 2 is 1.89 bits per heavy atom. The highest BCUT2D eigenvalue weighted by atomic mass is 19.1. The molecule has 0 bridgehead atoms. The highest BCUT2D eigenvalue weighted by Gasteiger charge is 2.30. The SMILES string of the molecule is CCC(=O)NC(=O)CN1Cc2c(NCc3ccccc3F)cccc2C1=O. The van der Waals surface area contributed by atoms with Crippen molar-refractivity contribution in [2.24, 2.45) is 0 Å². The van der Waals surface area contributed by atoms with Crippen molar-refractivity contribution in [2.45, 2.75) is 26.4 Å². The largest absolute Gasteiger partial charge is 0.381 e. The number of rotatable bonds is 6. The number of hydrogen-bond acceptors (Lipinski definition) is 4. The Morgan fingerprint density at radius 1 is 1.11 bits per heavy atom. The Morgan fingerprint density at radius 3 is 2.63 bits per heavy atom. The molecule has 1 heterocycles. The first-order chi connectivity index (χ1) is 13.0. The number of carbonyl (C=O) groups is 3. The molecule has 0 fully saturated rings. The van der Waals surface area contributed by atoms with Crippen molar-refractivity contribution < 1.29 is 18.8 Å². The van der Waals surface area contributed by atoms with Gasteiger partial charge in [-0.05, 0) is 18.2 Å². The van der Waals surface area contributed by atoms with Crippen molar-refractivity contribution in [3.63, 3.8) is 0 Å². The van der Waals surface area contributed by atoms with E-state index in [-0.39, 0.29) is 43.7 Å². The fourth-order valence-corrected chi connectivity index (χ4v) is 2.97. The van der Waals surface area contributed by atoms with Crippen molar-refractivity contribution in [1.29, 1.82) is 0 Å². The van der Waals surface area contributed by atoms with Crippen molar-refractivity contribution in [2.75, 3.05) is 11.9 Å². The molecule has 0 unspecified atom stereocenters. The van der Waals surface area contributed by atoms with Crippen LogP contribution in [0.15, 0.2) is 42.5 Å². The average Bonchev–Trinajstić information content (AvgIpc) is 2.97. The summed E-state index contributed by atoms with van der Waals surface area (Å²) in [6.07, 6.45) is 0.198. The Hall–Kier alpha value is -3.22. The first kappa shape index (κ1) is 18.6. The number of imide groups is 1. The molecule has 0 saturated carbocycles. The Bertz CT molecular complexity index is 898. The molecule has 1 aliphatic rings. The zero-order valence-electron chi connectivity index (χ0n) is 14.9. The van der Waals surface area contributed by atoms with Crippen molar-refractivity contribution >= 4 is 23.4 Å². The summed E-state index contributed by atoms with van der Waals surface area (Å²) >= 11 is 0. The molecule has 6 nitrogen and oxygen atoms in total. The summed E-state index contributed by atoms with van der Waals surface area (Å²) in [7, 11) is 0. The maximum absolute atomic E-state index is 13.8. The van der Waals surface area contributed by atoms with E-state index in [4.69, 9.17) is 0 Å². The molecule has 2 N–H and O–H groups in total. The standard InChI is InChI=1S/C20H20FN3O3/c1-2-18(25)23-19(26)12-24-11-15-14(20(24)27)7-5-9-17(15)22-10-13-6-3-4-8-16(13)21/h3-9,22H,2,10-12H2,1H3,(H,23,25,26). The normalized spacial score (nSPS) is 12.7. The van der Waals surface area contributed by atoms with Gasteiger partial charge in [-0.2, -0.15) is 0 Å². The molecule has 2 aromatic rings. The van der Waals surface area contributed by atoms with E-state index < -0.39 is 5.91 Å². The molecule has 3 rings (SSSR count). The number of halogens is 1. The van der Waals surface area contributed by atoms with Crippen LogP contribution in [0, 0.1) is 5.82 Å². The molecular weight excluding hydrogens is 349 g/mol. The lowest BCUT2D eigenvalue weighted by molar-refractivity contribution is -0.130. The van der Waals surface area contributed by atoms with Crippen LogP contribution in [0.5, 0.6) is 0 Å². The van der Waals surface area contributed by atoms with E-state index in [1.165, 1.54) is 11.0 Å². The van der Waals surface area contributed by atoms with Crippen LogP contribution >= 0.6 is 0 Å². The molecule has 140 valence electrons. The van der Waals surface area contributed by atoms with E-state index in [0.29, 0.717) is 11.1 Å². The molecule has 1 aliphatic heterocycles. The minimum atomic E-state index is -0.510. The van der Waals surface area contributed by atoms with Crippen LogP contribution in [0.1, 0.15) is 34.8 Å². The molecule has 0 saturated heterocycles. The summed E-state index contributed by atoms with van der Waals surface area (Å²) in [5, 5.41) is 5.41. The summed E-state index contributed by atoms with van der Waals surface area (Å²) in [4.78, 5) is 37.2. The maximum Gasteiger partial charge on any atom is 0.255 e. The van der Waals surface area contributed by atoms with E-state index in [1.54, 1.807) is 37.3 Å². The number of nitrogens with zero attached hydrogens (tertiary/aromatic N) is 1. The first-order valence-corrected chi connectivity index (χ1v) is 8.70. The van der Waals surface area contributed by atoms with Gasteiger partial charge in [-0.1, -0.05) is 31.2 Å². The van der Waals surface area contributed by atoms with E-state index in [1.807, 2.05) is 6.07 Å². The first-order valence-electron chi connectivity index (χ1n) is 8.70. The third kappa shape index (κ3) is 4.13. The van der Waals surface area contributed by atoms with Gasteiger partial charge < -0.3 is 10.2 Å². The average molecular weight is 369 g/mol. The number of nitrogens with one attached hydrogen (secondary N) is 2. The van der Waals surface area contributed by atoms with Gasteiger partial charge >= 0.3 is 0 Å². The highest BCUT2D eigenvalue weighted by molar-refractivity contribution is 6.03. The van der Waals surface area contributed by atoms with Crippen molar-refractivity contribution in [3.8, 4) is 0 Å². The van der Waals surface area contributed by atoms with Crippen molar-refractivity contribution in [1.82, 2.24) is 10.2 Å². The van der Waals surface area contributed by atoms with Gasteiger partial charge in [-0.25, -0.2) is 4.39 Å². The van der Waals surface area contributed by atoms with Gasteiger partial charge in [0.1, 0.15) is 12.4 Å². The summed E-state index contributed by atoms with van der Waals surface area (Å²) in [5.74, 6) is -1.45. The number of carbonyl (C=O) groups excluding carboxylic acids is 3. The van der Waals surface area contributed by atoms with E-state index in [9.17, 15) is 18.8 Å². The predicted molar refractivity (Wildman–Crippen MR) is 98.3 cm³/mol. The van der Waals surface area contributed by atoms with Crippen LogP contribution < -0.4 is 10.6 Å². The predicted octanol–water partition coefficient (Wildman–Crippen LogP) is 2.45. The lowest BCUT2D eigenvalue weighted by atomic mass is 10.1. The lowest BCUT2D eigenvalue weighted by Crippen LogP contribution is -2.39. The number of hydrogen-bond donors (Lipinski definition) is 2. The zero-order valence-corrected chi connectivity index (χ0v) is 14.9. The minimum Gasteiger partial charge on any atom is -0.381 e. The van der Waals surface area contributed by atoms with Crippen LogP contribution in [0.4, 0.5) is 10.1 Å². The molecule has 0 spiro atoms. The fourth-order valence-electron chi connectivity index (χ4n) is 2.97. The molecule has 0 radical (unpaired) electrons. The van der Waals surface area contributed by atoms with E-state index in [0.717, 1.165) is 11.3 Å². The molecule has 2 aromatic carbocycles. The van der Waals surface area contributed by atoms with Gasteiger partial charge in [0.15, 0.2) is 0 Å².